The molecular formula is C14H20N2O2. The molecule has 1 aliphatic rings. The summed E-state index contributed by atoms with van der Waals surface area (Å²) in [6, 6.07) is 6.01. The number of para-hydroxylation sites is 1. The molecule has 0 fully saturated rings. The molecule has 0 atom stereocenters. The molecule has 0 saturated carbocycles. The number of rotatable bonds is 5. The van der Waals surface area contributed by atoms with Gasteiger partial charge in [-0.1, -0.05) is 19.1 Å². The maximum Gasteiger partial charge on any atom is 0.250 e. The van der Waals surface area contributed by atoms with Crippen LogP contribution in [0.25, 0.3) is 0 Å². The first-order valence-electron chi connectivity index (χ1n) is 6.54. The maximum absolute atomic E-state index is 11.7. The number of hydrogen-bond donors (Lipinski definition) is 2. The Labute approximate surface area is 108 Å². The van der Waals surface area contributed by atoms with E-state index in [9.17, 15) is 4.79 Å². The van der Waals surface area contributed by atoms with E-state index in [4.69, 9.17) is 4.74 Å². The smallest absolute Gasteiger partial charge is 0.250 e. The summed E-state index contributed by atoms with van der Waals surface area (Å²) in [5.74, 6) is -0.0933. The first-order valence-corrected chi connectivity index (χ1v) is 6.54. The molecule has 98 valence electrons. The highest BCUT2D eigenvalue weighted by Gasteiger charge is 2.13. The van der Waals surface area contributed by atoms with Crippen molar-refractivity contribution >= 4 is 17.3 Å². The molecule has 0 aliphatic carbocycles. The van der Waals surface area contributed by atoms with Crippen molar-refractivity contribution in [3.05, 3.63) is 23.8 Å². The van der Waals surface area contributed by atoms with Gasteiger partial charge >= 0.3 is 0 Å². The van der Waals surface area contributed by atoms with Crippen molar-refractivity contribution in [3.63, 3.8) is 0 Å². The predicted molar refractivity (Wildman–Crippen MR) is 73.0 cm³/mol. The van der Waals surface area contributed by atoms with Gasteiger partial charge in [-0.2, -0.15) is 0 Å². The Morgan fingerprint density at radius 3 is 3.22 bits per heavy atom. The number of ether oxygens (including phenoxy) is 1. The van der Waals surface area contributed by atoms with Gasteiger partial charge in [-0.05, 0) is 30.9 Å². The molecule has 2 N–H and O–H groups in total. The highest BCUT2D eigenvalue weighted by Crippen LogP contribution is 2.29. The highest BCUT2D eigenvalue weighted by atomic mass is 16.5. The van der Waals surface area contributed by atoms with Crippen LogP contribution in [0.4, 0.5) is 11.4 Å². The number of amides is 1. The van der Waals surface area contributed by atoms with Gasteiger partial charge in [0.15, 0.2) is 0 Å². The van der Waals surface area contributed by atoms with Crippen molar-refractivity contribution < 1.29 is 9.53 Å². The van der Waals surface area contributed by atoms with Crippen LogP contribution in [0.1, 0.15) is 25.3 Å². The zero-order valence-corrected chi connectivity index (χ0v) is 10.8. The van der Waals surface area contributed by atoms with Gasteiger partial charge in [-0.3, -0.25) is 4.79 Å². The molecule has 0 unspecified atom stereocenters. The summed E-state index contributed by atoms with van der Waals surface area (Å²) in [6.45, 7) is 3.73. The lowest BCUT2D eigenvalue weighted by molar-refractivity contribution is -0.120. The second-order valence-electron chi connectivity index (χ2n) is 4.47. The summed E-state index contributed by atoms with van der Waals surface area (Å²) in [5, 5.41) is 6.25. The summed E-state index contributed by atoms with van der Waals surface area (Å²) in [4.78, 5) is 11.7. The molecule has 18 heavy (non-hydrogen) atoms. The van der Waals surface area contributed by atoms with E-state index in [1.807, 2.05) is 19.1 Å². The van der Waals surface area contributed by atoms with Crippen LogP contribution in [0, 0.1) is 0 Å². The Kier molecular flexibility index (Phi) is 4.59. The van der Waals surface area contributed by atoms with Crippen molar-refractivity contribution in [2.24, 2.45) is 0 Å². The average molecular weight is 248 g/mol. The van der Waals surface area contributed by atoms with E-state index in [1.165, 1.54) is 5.56 Å². The first-order chi connectivity index (χ1) is 8.81. The summed E-state index contributed by atoms with van der Waals surface area (Å²) >= 11 is 0. The zero-order chi connectivity index (χ0) is 12.8. The van der Waals surface area contributed by atoms with Crippen molar-refractivity contribution in [1.29, 1.82) is 0 Å². The van der Waals surface area contributed by atoms with E-state index < -0.39 is 0 Å². The predicted octanol–water partition coefficient (Wildman–Crippen LogP) is 2.41. The van der Waals surface area contributed by atoms with Crippen LogP contribution in [0.3, 0.4) is 0 Å². The molecule has 0 saturated heterocycles. The van der Waals surface area contributed by atoms with Gasteiger partial charge < -0.3 is 15.4 Å². The van der Waals surface area contributed by atoms with Crippen LogP contribution < -0.4 is 10.6 Å². The van der Waals surface area contributed by atoms with Gasteiger partial charge in [0.2, 0.25) is 5.91 Å². The summed E-state index contributed by atoms with van der Waals surface area (Å²) < 4.78 is 5.23. The largest absolute Gasteiger partial charge is 0.383 e. The number of anilines is 2. The van der Waals surface area contributed by atoms with Gasteiger partial charge in [-0.15, -0.1) is 0 Å². The molecule has 4 nitrogen and oxygen atoms in total. The first kappa shape index (κ1) is 12.9. The number of carbonyl (C=O) groups is 1. The number of carbonyl (C=O) groups excluding carboxylic acids is 1. The molecule has 0 bridgehead atoms. The van der Waals surface area contributed by atoms with E-state index in [-0.39, 0.29) is 12.5 Å². The molecule has 4 heteroatoms. The maximum atomic E-state index is 11.7. The van der Waals surface area contributed by atoms with Crippen LogP contribution in [0.15, 0.2) is 18.2 Å². The molecule has 0 radical (unpaired) electrons. The SMILES string of the molecule is CCCOCC(=O)Nc1cccc2c1NCCC2. The second-order valence-corrected chi connectivity index (χ2v) is 4.47. The third-order valence-corrected chi connectivity index (χ3v) is 2.93. The Balaban J connectivity index is 1.98. The monoisotopic (exact) mass is 248 g/mol. The third kappa shape index (κ3) is 3.23. The van der Waals surface area contributed by atoms with E-state index in [2.05, 4.69) is 16.7 Å². The Bertz CT molecular complexity index is 418. The fourth-order valence-electron chi connectivity index (χ4n) is 2.11. The lowest BCUT2D eigenvalue weighted by atomic mass is 10.0. The minimum absolute atomic E-state index is 0.0933. The summed E-state index contributed by atoms with van der Waals surface area (Å²) in [5.41, 5.74) is 3.19. The Morgan fingerprint density at radius 1 is 1.50 bits per heavy atom. The molecule has 2 rings (SSSR count). The molecule has 1 amide bonds. The standard InChI is InChI=1S/C14H20N2O2/c1-2-9-18-10-13(17)16-12-7-3-5-11-6-4-8-15-14(11)12/h3,5,7,15H,2,4,6,8-10H2,1H3,(H,16,17). The van der Waals surface area contributed by atoms with Crippen LogP contribution in [0.2, 0.25) is 0 Å². The molecular weight excluding hydrogens is 228 g/mol. The number of fused-ring (bicyclic) bond motifs is 1. The molecule has 1 aromatic rings. The summed E-state index contributed by atoms with van der Waals surface area (Å²) in [6.07, 6.45) is 3.14. The topological polar surface area (TPSA) is 50.4 Å². The van der Waals surface area contributed by atoms with E-state index in [0.717, 1.165) is 37.2 Å². The van der Waals surface area contributed by atoms with E-state index >= 15 is 0 Å². The van der Waals surface area contributed by atoms with Gasteiger partial charge in [0.1, 0.15) is 6.61 Å². The number of aryl methyl sites for hydroxylation is 1. The van der Waals surface area contributed by atoms with Gasteiger partial charge in [-0.25, -0.2) is 0 Å². The third-order valence-electron chi connectivity index (χ3n) is 2.93. The fraction of sp³-hybridized carbons (Fsp3) is 0.500. The van der Waals surface area contributed by atoms with Crippen LogP contribution in [-0.4, -0.2) is 25.7 Å². The fourth-order valence-corrected chi connectivity index (χ4v) is 2.11. The van der Waals surface area contributed by atoms with E-state index in [1.54, 1.807) is 0 Å². The molecule has 0 aromatic heterocycles. The van der Waals surface area contributed by atoms with Gasteiger partial charge in [0.05, 0.1) is 11.4 Å². The van der Waals surface area contributed by atoms with Crippen molar-refractivity contribution in [2.45, 2.75) is 26.2 Å². The van der Waals surface area contributed by atoms with Gasteiger partial charge in [0, 0.05) is 13.2 Å². The molecule has 1 heterocycles. The minimum Gasteiger partial charge on any atom is -0.383 e. The quantitative estimate of drug-likeness (QED) is 0.787. The lowest BCUT2D eigenvalue weighted by Crippen LogP contribution is -2.21. The zero-order valence-electron chi connectivity index (χ0n) is 10.8. The van der Waals surface area contributed by atoms with Crippen molar-refractivity contribution in [1.82, 2.24) is 0 Å². The molecule has 1 aliphatic heterocycles. The Morgan fingerprint density at radius 2 is 2.39 bits per heavy atom. The van der Waals surface area contributed by atoms with Crippen LogP contribution >= 0.6 is 0 Å². The Hall–Kier alpha value is -1.55. The second kappa shape index (κ2) is 6.40. The normalized spacial score (nSPS) is 13.6. The summed E-state index contributed by atoms with van der Waals surface area (Å²) in [7, 11) is 0. The van der Waals surface area contributed by atoms with Crippen molar-refractivity contribution in [3.8, 4) is 0 Å². The number of benzene rings is 1. The highest BCUT2D eigenvalue weighted by molar-refractivity contribution is 5.95. The number of hydrogen-bond acceptors (Lipinski definition) is 3. The van der Waals surface area contributed by atoms with Crippen LogP contribution in [0.5, 0.6) is 0 Å². The van der Waals surface area contributed by atoms with Crippen LogP contribution in [-0.2, 0) is 16.0 Å². The molecule has 1 aromatic carbocycles. The van der Waals surface area contributed by atoms with Gasteiger partial charge in [0.25, 0.3) is 0 Å². The van der Waals surface area contributed by atoms with E-state index in [0.29, 0.717) is 6.61 Å². The average Bonchev–Trinajstić information content (AvgIpc) is 2.39. The van der Waals surface area contributed by atoms with Crippen molar-refractivity contribution in [2.75, 3.05) is 30.4 Å². The molecule has 0 spiro atoms. The lowest BCUT2D eigenvalue weighted by Gasteiger charge is -2.21. The number of nitrogens with one attached hydrogen (secondary N) is 2. The minimum atomic E-state index is -0.0933.